The fourth-order valence-electron chi connectivity index (χ4n) is 1.000. The minimum Gasteiger partial charge on any atom is -0.336 e. The Balaban J connectivity index is 2.78. The minimum absolute atomic E-state index is 0.307. The summed E-state index contributed by atoms with van der Waals surface area (Å²) in [5, 5.41) is 2.19. The third-order valence-electron chi connectivity index (χ3n) is 1.78. The van der Waals surface area contributed by atoms with Gasteiger partial charge in [0.2, 0.25) is 6.41 Å². The topological polar surface area (TPSA) is 46.2 Å². The molecule has 0 aliphatic rings. The van der Waals surface area contributed by atoms with Crippen molar-refractivity contribution in [1.82, 2.24) is 5.32 Å². The lowest BCUT2D eigenvalue weighted by Gasteiger charge is -2.06. The van der Waals surface area contributed by atoms with Crippen LogP contribution in [0.4, 0.5) is 0 Å². The molecule has 1 unspecified atom stereocenters. The van der Waals surface area contributed by atoms with E-state index < -0.39 is 5.50 Å². The Morgan fingerprint density at radius 1 is 1.43 bits per heavy atom. The molecular weight excluding hydrogens is 202 g/mol. The van der Waals surface area contributed by atoms with Gasteiger partial charge in [-0.1, -0.05) is 41.4 Å². The number of nitrogens with one attached hydrogen (secondary N) is 1. The molecule has 1 N–H and O–H groups in total. The first-order chi connectivity index (χ1) is 6.65. The van der Waals surface area contributed by atoms with E-state index in [1.165, 1.54) is 0 Å². The number of amides is 1. The van der Waals surface area contributed by atoms with Gasteiger partial charge in [-0.3, -0.25) is 9.59 Å². The highest BCUT2D eigenvalue weighted by molar-refractivity contribution is 6.34. The molecule has 0 saturated heterocycles. The molecule has 0 bridgehead atoms. The van der Waals surface area contributed by atoms with Gasteiger partial charge in [-0.05, 0) is 6.92 Å². The van der Waals surface area contributed by atoms with E-state index in [9.17, 15) is 9.59 Å². The average molecular weight is 212 g/mol. The Kier molecular flexibility index (Phi) is 3.65. The number of carbonyl (C=O) groups is 2. The number of Topliss-reactive ketones (excluding diaryl/α,β-unsaturated/α-hetero) is 1. The van der Waals surface area contributed by atoms with Gasteiger partial charge in [0, 0.05) is 5.56 Å². The van der Waals surface area contributed by atoms with Crippen LogP contribution in [0.3, 0.4) is 0 Å². The Labute approximate surface area is 87.1 Å². The summed E-state index contributed by atoms with van der Waals surface area (Å²) in [7, 11) is 0. The second-order valence-corrected chi connectivity index (χ2v) is 3.31. The first kappa shape index (κ1) is 10.7. The smallest absolute Gasteiger partial charge is 0.208 e. The maximum absolute atomic E-state index is 11.5. The van der Waals surface area contributed by atoms with Crippen molar-refractivity contribution < 1.29 is 9.59 Å². The van der Waals surface area contributed by atoms with Crippen molar-refractivity contribution in [2.45, 2.75) is 12.4 Å². The number of ketones is 1. The summed E-state index contributed by atoms with van der Waals surface area (Å²) in [6.45, 7) is 1.93. The molecule has 0 fully saturated rings. The van der Waals surface area contributed by atoms with Gasteiger partial charge in [-0.25, -0.2) is 0 Å². The summed E-state index contributed by atoms with van der Waals surface area (Å²) in [6.07, 6.45) is 0.407. The Morgan fingerprint density at radius 2 is 2.00 bits per heavy atom. The molecule has 1 rings (SSSR count). The van der Waals surface area contributed by atoms with Crippen LogP contribution < -0.4 is 5.32 Å². The SMILES string of the molecule is Cc1ccc(C(=O)C(Cl)NC=O)cc1. The van der Waals surface area contributed by atoms with Gasteiger partial charge >= 0.3 is 0 Å². The predicted octanol–water partition coefficient (Wildman–Crippen LogP) is 1.49. The molecule has 0 aromatic heterocycles. The molecule has 1 aromatic carbocycles. The van der Waals surface area contributed by atoms with Gasteiger partial charge in [0.25, 0.3) is 0 Å². The van der Waals surface area contributed by atoms with Crippen LogP contribution in [0.15, 0.2) is 24.3 Å². The van der Waals surface area contributed by atoms with Crippen LogP contribution in [0.5, 0.6) is 0 Å². The van der Waals surface area contributed by atoms with Crippen molar-refractivity contribution >= 4 is 23.8 Å². The van der Waals surface area contributed by atoms with E-state index in [2.05, 4.69) is 5.32 Å². The van der Waals surface area contributed by atoms with E-state index in [0.29, 0.717) is 12.0 Å². The third kappa shape index (κ3) is 2.57. The van der Waals surface area contributed by atoms with Crippen molar-refractivity contribution in [3.05, 3.63) is 35.4 Å². The second-order valence-electron chi connectivity index (χ2n) is 2.88. The Hall–Kier alpha value is -1.35. The number of rotatable bonds is 4. The molecule has 1 amide bonds. The number of carbonyl (C=O) groups excluding carboxylic acids is 2. The van der Waals surface area contributed by atoms with Gasteiger partial charge in [-0.2, -0.15) is 0 Å². The van der Waals surface area contributed by atoms with E-state index in [-0.39, 0.29) is 5.78 Å². The molecule has 0 heterocycles. The van der Waals surface area contributed by atoms with E-state index in [1.807, 2.05) is 19.1 Å². The van der Waals surface area contributed by atoms with E-state index in [0.717, 1.165) is 5.56 Å². The maximum Gasteiger partial charge on any atom is 0.208 e. The first-order valence-electron chi connectivity index (χ1n) is 4.10. The Morgan fingerprint density at radius 3 is 2.50 bits per heavy atom. The molecule has 0 aliphatic carbocycles. The summed E-state index contributed by atoms with van der Waals surface area (Å²) >= 11 is 5.61. The quantitative estimate of drug-likeness (QED) is 0.355. The van der Waals surface area contributed by atoms with Crippen LogP contribution >= 0.6 is 11.6 Å². The van der Waals surface area contributed by atoms with Crippen LogP contribution in [-0.2, 0) is 4.79 Å². The van der Waals surface area contributed by atoms with Crippen molar-refractivity contribution in [3.63, 3.8) is 0 Å². The lowest BCUT2D eigenvalue weighted by molar-refractivity contribution is -0.109. The van der Waals surface area contributed by atoms with Gasteiger partial charge < -0.3 is 5.32 Å². The Bertz CT molecular complexity index is 334. The molecule has 3 nitrogen and oxygen atoms in total. The zero-order valence-electron chi connectivity index (χ0n) is 7.66. The number of hydrogen-bond donors (Lipinski definition) is 1. The lowest BCUT2D eigenvalue weighted by Crippen LogP contribution is -2.30. The number of alkyl halides is 1. The summed E-state index contributed by atoms with van der Waals surface area (Å²) in [6, 6.07) is 6.99. The molecule has 0 saturated carbocycles. The highest BCUT2D eigenvalue weighted by Crippen LogP contribution is 2.07. The first-order valence-corrected chi connectivity index (χ1v) is 4.53. The highest BCUT2D eigenvalue weighted by atomic mass is 35.5. The molecule has 0 radical (unpaired) electrons. The normalized spacial score (nSPS) is 11.9. The van der Waals surface area contributed by atoms with Crippen LogP contribution in [0.1, 0.15) is 15.9 Å². The zero-order valence-corrected chi connectivity index (χ0v) is 8.41. The summed E-state index contributed by atoms with van der Waals surface area (Å²) in [5.41, 5.74) is 0.566. The predicted molar refractivity (Wildman–Crippen MR) is 54.4 cm³/mol. The molecule has 1 atom stereocenters. The molecule has 74 valence electrons. The average Bonchev–Trinajstić information content (AvgIpc) is 2.18. The van der Waals surface area contributed by atoms with Gasteiger partial charge in [0.05, 0.1) is 0 Å². The van der Waals surface area contributed by atoms with Crippen molar-refractivity contribution in [3.8, 4) is 0 Å². The minimum atomic E-state index is -0.991. The van der Waals surface area contributed by atoms with Crippen molar-refractivity contribution in [2.75, 3.05) is 0 Å². The molecular formula is C10H10ClNO2. The van der Waals surface area contributed by atoms with Gasteiger partial charge in [0.15, 0.2) is 11.3 Å². The summed E-state index contributed by atoms with van der Waals surface area (Å²) in [5.74, 6) is -0.307. The van der Waals surface area contributed by atoms with Crippen LogP contribution in [0.2, 0.25) is 0 Å². The van der Waals surface area contributed by atoms with Gasteiger partial charge in [0.1, 0.15) is 0 Å². The molecule has 0 aliphatic heterocycles. The maximum atomic E-state index is 11.5. The number of hydrogen-bond acceptors (Lipinski definition) is 2. The molecule has 4 heteroatoms. The fourth-order valence-corrected chi connectivity index (χ4v) is 1.18. The van der Waals surface area contributed by atoms with Crippen molar-refractivity contribution in [2.24, 2.45) is 0 Å². The van der Waals surface area contributed by atoms with E-state index in [4.69, 9.17) is 11.6 Å². The van der Waals surface area contributed by atoms with E-state index >= 15 is 0 Å². The van der Waals surface area contributed by atoms with Crippen LogP contribution in [0, 0.1) is 6.92 Å². The second kappa shape index (κ2) is 4.77. The number of halogens is 1. The summed E-state index contributed by atoms with van der Waals surface area (Å²) < 4.78 is 0. The summed E-state index contributed by atoms with van der Waals surface area (Å²) in [4.78, 5) is 21.5. The number of aryl methyl sites for hydroxylation is 1. The third-order valence-corrected chi connectivity index (χ3v) is 2.10. The van der Waals surface area contributed by atoms with Gasteiger partial charge in [-0.15, -0.1) is 0 Å². The van der Waals surface area contributed by atoms with Crippen LogP contribution in [0.25, 0.3) is 0 Å². The number of benzene rings is 1. The lowest BCUT2D eigenvalue weighted by atomic mass is 10.1. The molecule has 14 heavy (non-hydrogen) atoms. The fraction of sp³-hybridized carbons (Fsp3) is 0.200. The van der Waals surface area contributed by atoms with Crippen LogP contribution in [-0.4, -0.2) is 17.7 Å². The molecule has 1 aromatic rings. The highest BCUT2D eigenvalue weighted by Gasteiger charge is 2.15. The van der Waals surface area contributed by atoms with Crippen molar-refractivity contribution in [1.29, 1.82) is 0 Å². The largest absolute Gasteiger partial charge is 0.336 e. The van der Waals surface area contributed by atoms with E-state index in [1.54, 1.807) is 12.1 Å². The monoisotopic (exact) mass is 211 g/mol. The molecule has 0 spiro atoms. The standard InChI is InChI=1S/C10H10ClNO2/c1-7-2-4-8(5-3-7)9(14)10(11)12-6-13/h2-6,10H,1H3,(H,12,13). The zero-order chi connectivity index (χ0) is 10.6.